The molecule has 2 N–H and O–H groups in total. The lowest BCUT2D eigenvalue weighted by molar-refractivity contribution is -0.154. The molecule has 0 radical (unpaired) electrons. The number of hydrogen-bond acceptors (Lipinski definition) is 3. The molecule has 5 heteroatoms. The van der Waals surface area contributed by atoms with Gasteiger partial charge in [-0.15, -0.1) is 0 Å². The fraction of sp³-hybridized carbons (Fsp3) is 0.636. The Morgan fingerprint density at radius 2 is 1.59 bits per heavy atom. The van der Waals surface area contributed by atoms with E-state index in [1.807, 2.05) is 12.1 Å². The van der Waals surface area contributed by atoms with Crippen molar-refractivity contribution in [2.75, 3.05) is 19.8 Å². The van der Waals surface area contributed by atoms with Gasteiger partial charge in [-0.25, -0.2) is 0 Å². The highest BCUT2D eigenvalue weighted by Gasteiger charge is 2.41. The lowest BCUT2D eigenvalue weighted by Crippen LogP contribution is -2.46. The van der Waals surface area contributed by atoms with E-state index in [1.165, 1.54) is 11.1 Å². The molecule has 1 aromatic carbocycles. The molecule has 0 saturated carbocycles. The van der Waals surface area contributed by atoms with Gasteiger partial charge in [-0.2, -0.15) is 0 Å². The molecule has 27 heavy (non-hydrogen) atoms. The molecule has 3 rings (SSSR count). The van der Waals surface area contributed by atoms with E-state index in [0.29, 0.717) is 31.6 Å². The largest absolute Gasteiger partial charge is 0.481 e. The number of nitrogens with one attached hydrogen (secondary N) is 1. The molecule has 0 spiro atoms. The number of ether oxygens (including phenoxy) is 1. The number of aliphatic carboxylic acids is 1. The average Bonchev–Trinajstić information content (AvgIpc) is 2.64. The van der Waals surface area contributed by atoms with E-state index in [-0.39, 0.29) is 23.3 Å². The van der Waals surface area contributed by atoms with Crippen LogP contribution in [0.3, 0.4) is 0 Å². The first-order chi connectivity index (χ1) is 12.6. The van der Waals surface area contributed by atoms with Gasteiger partial charge in [0.25, 0.3) is 5.91 Å². The SMILES string of the molecule is CC1(C)CCC(C)(C)c2cc(C(=O)NCC3(C(=O)O)CCOCC3)ccc21. The standard InChI is InChI=1S/C22H31NO4/c1-20(2)7-8-21(3,4)17-13-15(5-6-16(17)20)18(24)23-14-22(19(25)26)9-11-27-12-10-22/h5-6,13H,7-12,14H2,1-4H3,(H,23,24)(H,25,26). The molecular formula is C22H31NO4. The summed E-state index contributed by atoms with van der Waals surface area (Å²) in [5.41, 5.74) is 2.35. The van der Waals surface area contributed by atoms with Gasteiger partial charge in [-0.1, -0.05) is 33.8 Å². The summed E-state index contributed by atoms with van der Waals surface area (Å²) in [6.45, 7) is 9.94. The number of hydrogen-bond donors (Lipinski definition) is 2. The zero-order chi connectivity index (χ0) is 19.9. The number of carbonyl (C=O) groups is 2. The zero-order valence-corrected chi connectivity index (χ0v) is 16.9. The zero-order valence-electron chi connectivity index (χ0n) is 16.9. The molecule has 0 unspecified atom stereocenters. The molecule has 5 nitrogen and oxygen atoms in total. The Morgan fingerprint density at radius 1 is 1.00 bits per heavy atom. The van der Waals surface area contributed by atoms with Gasteiger partial charge in [-0.05, 0) is 59.8 Å². The van der Waals surface area contributed by atoms with Crippen molar-refractivity contribution in [1.82, 2.24) is 5.32 Å². The van der Waals surface area contributed by atoms with Crippen molar-refractivity contribution in [2.24, 2.45) is 5.41 Å². The Morgan fingerprint density at radius 3 is 2.19 bits per heavy atom. The summed E-state index contributed by atoms with van der Waals surface area (Å²) in [5.74, 6) is -1.07. The maximum absolute atomic E-state index is 12.8. The fourth-order valence-electron chi connectivity index (χ4n) is 4.31. The minimum absolute atomic E-state index is 0.0319. The molecule has 1 aliphatic carbocycles. The second-order valence-electron chi connectivity index (χ2n) is 9.41. The van der Waals surface area contributed by atoms with Crippen molar-refractivity contribution in [2.45, 2.75) is 64.2 Å². The summed E-state index contributed by atoms with van der Waals surface area (Å²) in [7, 11) is 0. The highest BCUT2D eigenvalue weighted by atomic mass is 16.5. The van der Waals surface area contributed by atoms with E-state index in [0.717, 1.165) is 12.8 Å². The first-order valence-corrected chi connectivity index (χ1v) is 9.82. The number of carboxylic acids is 1. The second-order valence-corrected chi connectivity index (χ2v) is 9.41. The Hall–Kier alpha value is -1.88. The van der Waals surface area contributed by atoms with Crippen LogP contribution in [0.25, 0.3) is 0 Å². The highest BCUT2D eigenvalue weighted by molar-refractivity contribution is 5.95. The predicted octanol–water partition coefficient (Wildman–Crippen LogP) is 3.65. The minimum atomic E-state index is -0.927. The Labute approximate surface area is 161 Å². The third-order valence-electron chi connectivity index (χ3n) is 6.61. The van der Waals surface area contributed by atoms with Crippen LogP contribution in [0.2, 0.25) is 0 Å². The molecule has 1 saturated heterocycles. The van der Waals surface area contributed by atoms with Crippen molar-refractivity contribution in [3.63, 3.8) is 0 Å². The second kappa shape index (κ2) is 6.93. The lowest BCUT2D eigenvalue weighted by atomic mass is 9.63. The van der Waals surface area contributed by atoms with Gasteiger partial charge in [0, 0.05) is 25.3 Å². The molecule has 0 bridgehead atoms. The van der Waals surface area contributed by atoms with Crippen LogP contribution in [0, 0.1) is 5.41 Å². The molecule has 1 aromatic rings. The molecular weight excluding hydrogens is 342 g/mol. The number of carboxylic acid groups (broad SMARTS) is 1. The van der Waals surface area contributed by atoms with E-state index >= 15 is 0 Å². The summed E-state index contributed by atoms with van der Waals surface area (Å²) >= 11 is 0. The summed E-state index contributed by atoms with van der Waals surface area (Å²) < 4.78 is 5.29. The van der Waals surface area contributed by atoms with Crippen LogP contribution in [0.15, 0.2) is 18.2 Å². The summed E-state index contributed by atoms with van der Waals surface area (Å²) in [5, 5.41) is 12.5. The van der Waals surface area contributed by atoms with E-state index in [1.54, 1.807) is 0 Å². The highest BCUT2D eigenvalue weighted by Crippen LogP contribution is 2.45. The Kier molecular flexibility index (Phi) is 5.10. The van der Waals surface area contributed by atoms with Crippen LogP contribution in [0.5, 0.6) is 0 Å². The van der Waals surface area contributed by atoms with E-state index < -0.39 is 11.4 Å². The van der Waals surface area contributed by atoms with Gasteiger partial charge >= 0.3 is 5.97 Å². The van der Waals surface area contributed by atoms with Crippen LogP contribution < -0.4 is 5.32 Å². The number of benzene rings is 1. The molecule has 0 aromatic heterocycles. The molecule has 2 aliphatic rings. The van der Waals surface area contributed by atoms with Gasteiger partial charge in [0.2, 0.25) is 0 Å². The molecule has 1 heterocycles. The van der Waals surface area contributed by atoms with Crippen LogP contribution >= 0.6 is 0 Å². The monoisotopic (exact) mass is 373 g/mol. The lowest BCUT2D eigenvalue weighted by Gasteiger charge is -2.42. The van der Waals surface area contributed by atoms with Crippen molar-refractivity contribution in [3.05, 3.63) is 34.9 Å². The first-order valence-electron chi connectivity index (χ1n) is 9.82. The third kappa shape index (κ3) is 3.75. The van der Waals surface area contributed by atoms with Crippen LogP contribution in [-0.2, 0) is 20.4 Å². The molecule has 1 amide bonds. The number of rotatable bonds is 4. The van der Waals surface area contributed by atoms with Gasteiger partial charge < -0.3 is 15.2 Å². The smallest absolute Gasteiger partial charge is 0.311 e. The van der Waals surface area contributed by atoms with Crippen LogP contribution in [0.4, 0.5) is 0 Å². The number of carbonyl (C=O) groups excluding carboxylic acids is 1. The van der Waals surface area contributed by atoms with Crippen molar-refractivity contribution >= 4 is 11.9 Å². The predicted molar refractivity (Wildman–Crippen MR) is 104 cm³/mol. The average molecular weight is 373 g/mol. The van der Waals surface area contributed by atoms with Gasteiger partial charge in [0.15, 0.2) is 0 Å². The van der Waals surface area contributed by atoms with Crippen molar-refractivity contribution in [1.29, 1.82) is 0 Å². The number of fused-ring (bicyclic) bond motifs is 1. The minimum Gasteiger partial charge on any atom is -0.481 e. The van der Waals surface area contributed by atoms with Crippen LogP contribution in [0.1, 0.15) is 74.9 Å². The molecule has 1 aliphatic heterocycles. The molecule has 0 atom stereocenters. The van der Waals surface area contributed by atoms with Crippen LogP contribution in [-0.4, -0.2) is 36.7 Å². The van der Waals surface area contributed by atoms with E-state index in [2.05, 4.69) is 39.1 Å². The van der Waals surface area contributed by atoms with Gasteiger partial charge in [0.05, 0.1) is 5.41 Å². The summed E-state index contributed by atoms with van der Waals surface area (Å²) in [6.07, 6.45) is 3.06. The van der Waals surface area contributed by atoms with E-state index in [4.69, 9.17) is 4.74 Å². The molecule has 148 valence electrons. The summed E-state index contributed by atoms with van der Waals surface area (Å²) in [4.78, 5) is 24.5. The topological polar surface area (TPSA) is 75.6 Å². The van der Waals surface area contributed by atoms with Crippen molar-refractivity contribution in [3.8, 4) is 0 Å². The Balaban J connectivity index is 1.81. The quantitative estimate of drug-likeness (QED) is 0.845. The van der Waals surface area contributed by atoms with Gasteiger partial charge in [0.1, 0.15) is 0 Å². The summed E-state index contributed by atoms with van der Waals surface area (Å²) in [6, 6.07) is 5.95. The fourth-order valence-corrected chi connectivity index (χ4v) is 4.31. The molecule has 1 fully saturated rings. The Bertz CT molecular complexity index is 745. The maximum Gasteiger partial charge on any atom is 0.311 e. The number of amides is 1. The normalized spacial score (nSPS) is 22.5. The van der Waals surface area contributed by atoms with E-state index in [9.17, 15) is 14.7 Å². The van der Waals surface area contributed by atoms with Crippen molar-refractivity contribution < 1.29 is 19.4 Å². The van der Waals surface area contributed by atoms with Gasteiger partial charge in [-0.3, -0.25) is 9.59 Å². The maximum atomic E-state index is 12.8. The third-order valence-corrected chi connectivity index (χ3v) is 6.61. The first kappa shape index (κ1) is 19.9.